The molecule has 0 radical (unpaired) electrons. The zero-order valence-electron chi connectivity index (χ0n) is 16.8. The number of benzene rings is 1. The highest BCUT2D eigenvalue weighted by Crippen LogP contribution is 2.22. The van der Waals surface area contributed by atoms with Crippen LogP contribution >= 0.6 is 0 Å². The maximum atomic E-state index is 5.90. The van der Waals surface area contributed by atoms with E-state index < -0.39 is 0 Å². The summed E-state index contributed by atoms with van der Waals surface area (Å²) < 4.78 is 11.3. The van der Waals surface area contributed by atoms with Crippen molar-refractivity contribution in [2.45, 2.75) is 52.7 Å². The van der Waals surface area contributed by atoms with Crippen molar-refractivity contribution < 1.29 is 9.47 Å². The van der Waals surface area contributed by atoms with Crippen LogP contribution in [0, 0.1) is 5.41 Å². The van der Waals surface area contributed by atoms with Crippen LogP contribution in [-0.4, -0.2) is 51.0 Å². The van der Waals surface area contributed by atoms with Crippen molar-refractivity contribution in [3.63, 3.8) is 0 Å². The Hall–Kier alpha value is -1.59. The molecule has 26 heavy (non-hydrogen) atoms. The molecule has 2 unspecified atom stereocenters. The van der Waals surface area contributed by atoms with Crippen LogP contribution in [0.3, 0.4) is 0 Å². The minimum absolute atomic E-state index is 0.102. The third-order valence-corrected chi connectivity index (χ3v) is 4.39. The highest BCUT2D eigenvalue weighted by molar-refractivity contribution is 5.80. The molecule has 0 aliphatic carbocycles. The smallest absolute Gasteiger partial charge is 0.191 e. The molecular weight excluding hydrogens is 326 g/mol. The maximum absolute atomic E-state index is 5.90. The Labute approximate surface area is 158 Å². The second kappa shape index (κ2) is 10.5. The highest BCUT2D eigenvalue weighted by Gasteiger charge is 2.20. The molecule has 5 nitrogen and oxygen atoms in total. The number of hydrogen-bond donors (Lipinski definition) is 2. The van der Waals surface area contributed by atoms with E-state index in [0.29, 0.717) is 13.2 Å². The largest absolute Gasteiger partial charge is 0.379 e. The van der Waals surface area contributed by atoms with Crippen molar-refractivity contribution in [2.24, 2.45) is 10.4 Å². The molecule has 0 aromatic heterocycles. The van der Waals surface area contributed by atoms with Crippen LogP contribution < -0.4 is 10.6 Å². The first-order chi connectivity index (χ1) is 12.5. The van der Waals surface area contributed by atoms with Gasteiger partial charge in [-0.2, -0.15) is 0 Å². The van der Waals surface area contributed by atoms with E-state index in [0.717, 1.165) is 38.5 Å². The molecule has 1 saturated heterocycles. The molecular formula is C21H35N3O2. The van der Waals surface area contributed by atoms with Crippen molar-refractivity contribution in [3.8, 4) is 0 Å². The van der Waals surface area contributed by atoms with Gasteiger partial charge in [0, 0.05) is 25.7 Å². The van der Waals surface area contributed by atoms with Crippen LogP contribution in [0.1, 0.15) is 39.7 Å². The van der Waals surface area contributed by atoms with Crippen LogP contribution in [0.2, 0.25) is 0 Å². The van der Waals surface area contributed by atoms with Crippen LogP contribution in [-0.2, 0) is 15.9 Å². The van der Waals surface area contributed by atoms with E-state index in [4.69, 9.17) is 14.5 Å². The van der Waals surface area contributed by atoms with E-state index in [-0.39, 0.29) is 17.6 Å². The molecule has 0 bridgehead atoms. The molecule has 0 saturated carbocycles. The van der Waals surface area contributed by atoms with Gasteiger partial charge in [-0.1, -0.05) is 44.2 Å². The molecule has 1 aliphatic heterocycles. The molecule has 2 atom stereocenters. The molecule has 1 aliphatic rings. The van der Waals surface area contributed by atoms with Gasteiger partial charge in [0.1, 0.15) is 0 Å². The normalized spacial score (nSPS) is 19.4. The van der Waals surface area contributed by atoms with Gasteiger partial charge in [-0.3, -0.25) is 4.99 Å². The minimum Gasteiger partial charge on any atom is -0.379 e. The van der Waals surface area contributed by atoms with Gasteiger partial charge in [-0.25, -0.2) is 0 Å². The van der Waals surface area contributed by atoms with Gasteiger partial charge in [0.15, 0.2) is 5.96 Å². The van der Waals surface area contributed by atoms with E-state index >= 15 is 0 Å². The summed E-state index contributed by atoms with van der Waals surface area (Å²) in [6.45, 7) is 12.5. The van der Waals surface area contributed by atoms with Crippen molar-refractivity contribution >= 4 is 5.96 Å². The summed E-state index contributed by atoms with van der Waals surface area (Å²) in [6.07, 6.45) is 2.25. The Morgan fingerprint density at radius 2 is 2.12 bits per heavy atom. The van der Waals surface area contributed by atoms with Gasteiger partial charge >= 0.3 is 0 Å². The Bertz CT molecular complexity index is 539. The van der Waals surface area contributed by atoms with Crippen LogP contribution in [0.15, 0.2) is 35.3 Å². The third-order valence-electron chi connectivity index (χ3n) is 4.39. The standard InChI is InChI=1S/C21H35N3O2/c1-5-22-20(24-17(2)14-26-19-11-12-25-15-19)23-16-21(3,4)13-18-9-7-6-8-10-18/h6-10,17,19H,5,11-16H2,1-4H3,(H2,22,23,24). The first-order valence-corrected chi connectivity index (χ1v) is 9.76. The summed E-state index contributed by atoms with van der Waals surface area (Å²) in [5, 5.41) is 6.79. The number of guanidine groups is 1. The summed E-state index contributed by atoms with van der Waals surface area (Å²) in [7, 11) is 0. The summed E-state index contributed by atoms with van der Waals surface area (Å²) in [5.41, 5.74) is 1.45. The predicted molar refractivity (Wildman–Crippen MR) is 108 cm³/mol. The molecule has 1 heterocycles. The van der Waals surface area contributed by atoms with Crippen LogP contribution in [0.5, 0.6) is 0 Å². The zero-order valence-corrected chi connectivity index (χ0v) is 16.8. The quantitative estimate of drug-likeness (QED) is 0.524. The summed E-state index contributed by atoms with van der Waals surface area (Å²) in [4.78, 5) is 4.82. The molecule has 0 spiro atoms. The Balaban J connectivity index is 1.83. The van der Waals surface area contributed by atoms with E-state index in [1.807, 2.05) is 0 Å². The number of nitrogens with one attached hydrogen (secondary N) is 2. The predicted octanol–water partition coefficient (Wildman–Crippen LogP) is 3.00. The molecule has 2 rings (SSSR count). The van der Waals surface area contributed by atoms with Crippen molar-refractivity contribution in [1.29, 1.82) is 0 Å². The molecule has 5 heteroatoms. The van der Waals surface area contributed by atoms with E-state index in [9.17, 15) is 0 Å². The van der Waals surface area contributed by atoms with E-state index in [1.165, 1.54) is 5.56 Å². The minimum atomic E-state index is 0.102. The lowest BCUT2D eigenvalue weighted by Crippen LogP contribution is -2.45. The summed E-state index contributed by atoms with van der Waals surface area (Å²) in [6, 6.07) is 10.8. The topological polar surface area (TPSA) is 54.9 Å². The SMILES string of the molecule is CCNC(=NCC(C)(C)Cc1ccccc1)NC(C)COC1CCOC1. The summed E-state index contributed by atoms with van der Waals surface area (Å²) >= 11 is 0. The monoisotopic (exact) mass is 361 g/mol. The molecule has 1 aromatic rings. The first-order valence-electron chi connectivity index (χ1n) is 9.76. The van der Waals surface area contributed by atoms with E-state index in [2.05, 4.69) is 68.7 Å². The van der Waals surface area contributed by atoms with Gasteiger partial charge in [-0.15, -0.1) is 0 Å². The molecule has 146 valence electrons. The Morgan fingerprint density at radius 3 is 2.77 bits per heavy atom. The second-order valence-electron chi connectivity index (χ2n) is 7.89. The number of hydrogen-bond acceptors (Lipinski definition) is 3. The zero-order chi connectivity index (χ0) is 18.8. The number of ether oxygens (including phenoxy) is 2. The Morgan fingerprint density at radius 1 is 1.35 bits per heavy atom. The van der Waals surface area contributed by atoms with Crippen molar-refractivity contribution in [3.05, 3.63) is 35.9 Å². The van der Waals surface area contributed by atoms with Crippen LogP contribution in [0.25, 0.3) is 0 Å². The number of rotatable bonds is 9. The van der Waals surface area contributed by atoms with Crippen LogP contribution in [0.4, 0.5) is 0 Å². The average molecular weight is 362 g/mol. The number of nitrogens with zero attached hydrogens (tertiary/aromatic N) is 1. The fourth-order valence-corrected chi connectivity index (χ4v) is 3.02. The first kappa shape index (κ1) is 20.7. The van der Waals surface area contributed by atoms with Gasteiger partial charge in [0.25, 0.3) is 0 Å². The van der Waals surface area contributed by atoms with Crippen molar-refractivity contribution in [1.82, 2.24) is 10.6 Å². The van der Waals surface area contributed by atoms with E-state index in [1.54, 1.807) is 0 Å². The third kappa shape index (κ3) is 7.75. The Kier molecular flexibility index (Phi) is 8.39. The summed E-state index contributed by atoms with van der Waals surface area (Å²) in [5.74, 6) is 0.854. The lowest BCUT2D eigenvalue weighted by Gasteiger charge is -2.24. The lowest BCUT2D eigenvalue weighted by atomic mass is 9.86. The van der Waals surface area contributed by atoms with Gasteiger partial charge in [0.05, 0.1) is 19.3 Å². The second-order valence-corrected chi connectivity index (χ2v) is 7.89. The average Bonchev–Trinajstić information content (AvgIpc) is 3.12. The van der Waals surface area contributed by atoms with Gasteiger partial charge < -0.3 is 20.1 Å². The number of aliphatic imine (C=N–C) groups is 1. The fraction of sp³-hybridized carbons (Fsp3) is 0.667. The fourth-order valence-electron chi connectivity index (χ4n) is 3.02. The molecule has 1 fully saturated rings. The van der Waals surface area contributed by atoms with Crippen molar-refractivity contribution in [2.75, 3.05) is 32.9 Å². The maximum Gasteiger partial charge on any atom is 0.191 e. The highest BCUT2D eigenvalue weighted by atomic mass is 16.5. The lowest BCUT2D eigenvalue weighted by molar-refractivity contribution is 0.0347. The molecule has 0 amide bonds. The molecule has 1 aromatic carbocycles. The molecule has 2 N–H and O–H groups in total. The van der Waals surface area contributed by atoms with Gasteiger partial charge in [-0.05, 0) is 37.7 Å². The van der Waals surface area contributed by atoms with Gasteiger partial charge in [0.2, 0.25) is 0 Å².